The molecule has 0 amide bonds. The lowest BCUT2D eigenvalue weighted by Gasteiger charge is -2.15. The van der Waals surface area contributed by atoms with Crippen LogP contribution in [0.4, 0.5) is 0 Å². The molecule has 1 heteroatoms. The number of unbranched alkanes of at least 4 members (excludes halogenated alkanes) is 3. The lowest BCUT2D eigenvalue weighted by molar-refractivity contribution is 0.282. The van der Waals surface area contributed by atoms with Gasteiger partial charge in [-0.3, -0.25) is 0 Å². The number of aliphatic hydroxyl groups excluding tert-OH is 1. The van der Waals surface area contributed by atoms with Crippen LogP contribution in [0.5, 0.6) is 0 Å². The van der Waals surface area contributed by atoms with E-state index in [0.29, 0.717) is 0 Å². The predicted octanol–water partition coefficient (Wildman–Crippen LogP) is 7.88. The van der Waals surface area contributed by atoms with Gasteiger partial charge in [0.15, 0.2) is 0 Å². The Kier molecular flexibility index (Phi) is 9.56. The van der Waals surface area contributed by atoms with Crippen molar-refractivity contribution < 1.29 is 5.11 Å². The van der Waals surface area contributed by atoms with Crippen LogP contribution in [0.3, 0.4) is 0 Å². The Morgan fingerprint density at radius 1 is 0.531 bits per heavy atom. The Morgan fingerprint density at radius 2 is 1.03 bits per heavy atom. The highest BCUT2D eigenvalue weighted by Crippen LogP contribution is 2.30. The molecule has 0 fully saturated rings. The summed E-state index contributed by atoms with van der Waals surface area (Å²) in [6.07, 6.45) is 10.7. The van der Waals surface area contributed by atoms with Gasteiger partial charge >= 0.3 is 0 Å². The molecular weight excluding hydrogens is 388 g/mol. The van der Waals surface area contributed by atoms with E-state index < -0.39 is 0 Å². The smallest absolute Gasteiger partial charge is 0.0681 e. The van der Waals surface area contributed by atoms with Crippen LogP contribution in [-0.2, 0) is 38.7 Å². The summed E-state index contributed by atoms with van der Waals surface area (Å²) in [5.41, 5.74) is 10.7. The second kappa shape index (κ2) is 12.6. The Balaban J connectivity index is 1.66. The van der Waals surface area contributed by atoms with Crippen LogP contribution < -0.4 is 0 Å². The Morgan fingerprint density at radius 3 is 1.59 bits per heavy atom. The van der Waals surface area contributed by atoms with E-state index in [-0.39, 0.29) is 6.61 Å². The number of aliphatic hydroxyl groups is 1. The molecule has 0 aliphatic heterocycles. The molecule has 3 rings (SSSR count). The van der Waals surface area contributed by atoms with Gasteiger partial charge in [0.25, 0.3) is 0 Å². The number of hydrogen-bond acceptors (Lipinski definition) is 1. The summed E-state index contributed by atoms with van der Waals surface area (Å²) in [4.78, 5) is 0. The van der Waals surface area contributed by atoms with Crippen molar-refractivity contribution in [1.29, 1.82) is 0 Å². The summed E-state index contributed by atoms with van der Waals surface area (Å²) in [5.74, 6) is 0. The van der Waals surface area contributed by atoms with Crippen molar-refractivity contribution in [2.45, 2.75) is 85.2 Å². The van der Waals surface area contributed by atoms with Gasteiger partial charge in [-0.25, -0.2) is 0 Å². The third-order valence-electron chi connectivity index (χ3n) is 6.62. The van der Waals surface area contributed by atoms with Crippen LogP contribution in [0.2, 0.25) is 0 Å². The van der Waals surface area contributed by atoms with Gasteiger partial charge in [-0.1, -0.05) is 101 Å². The van der Waals surface area contributed by atoms with E-state index in [2.05, 4.69) is 81.4 Å². The molecule has 0 unspecified atom stereocenters. The Bertz CT molecular complexity index is 968. The molecule has 170 valence electrons. The maximum atomic E-state index is 9.48. The van der Waals surface area contributed by atoms with Crippen LogP contribution in [0.1, 0.15) is 79.8 Å². The Labute approximate surface area is 195 Å². The van der Waals surface area contributed by atoms with E-state index in [9.17, 15) is 5.11 Å². The molecule has 1 nitrogen and oxygen atoms in total. The van der Waals surface area contributed by atoms with Gasteiger partial charge in [-0.05, 0) is 83.0 Å². The summed E-state index contributed by atoms with van der Waals surface area (Å²) in [6, 6.07) is 22.7. The van der Waals surface area contributed by atoms with Gasteiger partial charge in [0.05, 0.1) is 6.61 Å². The molecule has 3 aromatic carbocycles. The third-order valence-corrected chi connectivity index (χ3v) is 6.62. The normalized spacial score (nSPS) is 11.1. The topological polar surface area (TPSA) is 20.2 Å². The first-order valence-corrected chi connectivity index (χ1v) is 12.6. The van der Waals surface area contributed by atoms with Crippen molar-refractivity contribution in [3.8, 4) is 11.1 Å². The standard InChI is InChI=1S/C31H40O/c1-4-7-8-9-10-24-11-13-25(14-12-24)15-16-26-17-19-30(28(5-2)21-26)31-20-18-27(23-32)22-29(31)6-3/h11-14,17-22,32H,4-10,15-16,23H2,1-3H3. The third kappa shape index (κ3) is 6.56. The maximum Gasteiger partial charge on any atom is 0.0681 e. The summed E-state index contributed by atoms with van der Waals surface area (Å²) in [7, 11) is 0. The second-order valence-electron chi connectivity index (χ2n) is 8.98. The van der Waals surface area contributed by atoms with E-state index in [4.69, 9.17) is 0 Å². The molecule has 3 aromatic rings. The number of benzene rings is 3. The van der Waals surface area contributed by atoms with Crippen LogP contribution in [0.15, 0.2) is 60.7 Å². The monoisotopic (exact) mass is 428 g/mol. The van der Waals surface area contributed by atoms with Crippen molar-refractivity contribution in [2.24, 2.45) is 0 Å². The van der Waals surface area contributed by atoms with Crippen molar-refractivity contribution in [1.82, 2.24) is 0 Å². The molecule has 0 aliphatic rings. The molecule has 0 saturated heterocycles. The SMILES string of the molecule is CCCCCCc1ccc(CCc2ccc(-c3ccc(CO)cc3CC)c(CC)c2)cc1. The van der Waals surface area contributed by atoms with Crippen LogP contribution in [0, 0.1) is 0 Å². The zero-order valence-electron chi connectivity index (χ0n) is 20.3. The van der Waals surface area contributed by atoms with E-state index in [1.165, 1.54) is 71.0 Å². The van der Waals surface area contributed by atoms with Crippen LogP contribution >= 0.6 is 0 Å². The molecule has 0 saturated carbocycles. The van der Waals surface area contributed by atoms with E-state index >= 15 is 0 Å². The van der Waals surface area contributed by atoms with Crippen molar-refractivity contribution >= 4 is 0 Å². The first kappa shape index (κ1) is 24.3. The predicted molar refractivity (Wildman–Crippen MR) is 138 cm³/mol. The van der Waals surface area contributed by atoms with Crippen molar-refractivity contribution in [3.05, 3.63) is 94.0 Å². The van der Waals surface area contributed by atoms with Crippen molar-refractivity contribution in [3.63, 3.8) is 0 Å². The molecule has 0 bridgehead atoms. The molecular formula is C31H40O. The van der Waals surface area contributed by atoms with Crippen molar-refractivity contribution in [2.75, 3.05) is 0 Å². The minimum Gasteiger partial charge on any atom is -0.392 e. The minimum atomic E-state index is 0.104. The fourth-order valence-electron chi connectivity index (χ4n) is 4.58. The number of aryl methyl sites for hydroxylation is 5. The van der Waals surface area contributed by atoms with Gasteiger partial charge in [-0.15, -0.1) is 0 Å². The maximum absolute atomic E-state index is 9.48. The van der Waals surface area contributed by atoms with E-state index in [1.807, 2.05) is 0 Å². The van der Waals surface area contributed by atoms with E-state index in [0.717, 1.165) is 31.2 Å². The first-order valence-electron chi connectivity index (χ1n) is 12.6. The van der Waals surface area contributed by atoms with Gasteiger partial charge in [0, 0.05) is 0 Å². The first-order chi connectivity index (χ1) is 15.7. The van der Waals surface area contributed by atoms with E-state index in [1.54, 1.807) is 0 Å². The molecule has 0 atom stereocenters. The highest BCUT2D eigenvalue weighted by molar-refractivity contribution is 5.71. The largest absolute Gasteiger partial charge is 0.392 e. The lowest BCUT2D eigenvalue weighted by atomic mass is 9.90. The summed E-state index contributed by atoms with van der Waals surface area (Å²) in [5, 5.41) is 9.48. The number of rotatable bonds is 12. The lowest BCUT2D eigenvalue weighted by Crippen LogP contribution is -1.98. The molecule has 0 spiro atoms. The average molecular weight is 429 g/mol. The molecule has 0 radical (unpaired) electrons. The number of hydrogen-bond donors (Lipinski definition) is 1. The molecule has 32 heavy (non-hydrogen) atoms. The summed E-state index contributed by atoms with van der Waals surface area (Å²) in [6.45, 7) is 6.81. The van der Waals surface area contributed by atoms with Gasteiger partial charge < -0.3 is 5.11 Å². The van der Waals surface area contributed by atoms with Crippen LogP contribution in [-0.4, -0.2) is 5.11 Å². The van der Waals surface area contributed by atoms with Gasteiger partial charge in [0.2, 0.25) is 0 Å². The van der Waals surface area contributed by atoms with Gasteiger partial charge in [-0.2, -0.15) is 0 Å². The van der Waals surface area contributed by atoms with Crippen LogP contribution in [0.25, 0.3) is 11.1 Å². The summed E-state index contributed by atoms with van der Waals surface area (Å²) < 4.78 is 0. The zero-order valence-corrected chi connectivity index (χ0v) is 20.3. The average Bonchev–Trinajstić information content (AvgIpc) is 2.85. The highest BCUT2D eigenvalue weighted by Gasteiger charge is 2.10. The summed E-state index contributed by atoms with van der Waals surface area (Å²) >= 11 is 0. The molecule has 0 aliphatic carbocycles. The highest BCUT2D eigenvalue weighted by atomic mass is 16.3. The molecule has 0 heterocycles. The Hall–Kier alpha value is -2.38. The molecule has 1 N–H and O–H groups in total. The molecule has 0 aromatic heterocycles. The fraction of sp³-hybridized carbons (Fsp3) is 0.419. The van der Waals surface area contributed by atoms with Gasteiger partial charge in [0.1, 0.15) is 0 Å². The quantitative estimate of drug-likeness (QED) is 0.291. The second-order valence-corrected chi connectivity index (χ2v) is 8.98. The minimum absolute atomic E-state index is 0.104. The zero-order chi connectivity index (χ0) is 22.8. The fourth-order valence-corrected chi connectivity index (χ4v) is 4.58.